The van der Waals surface area contributed by atoms with Crippen LogP contribution in [0.2, 0.25) is 0 Å². The first-order valence-electron chi connectivity index (χ1n) is 7.63. The van der Waals surface area contributed by atoms with Gasteiger partial charge in [0, 0.05) is 46.0 Å². The van der Waals surface area contributed by atoms with Gasteiger partial charge in [-0.2, -0.15) is 0 Å². The van der Waals surface area contributed by atoms with Crippen LogP contribution >= 0.6 is 0 Å². The number of carbonyl (C=O) groups excluding carboxylic acids is 1. The Hall–Kier alpha value is -3.01. The van der Waals surface area contributed by atoms with E-state index in [0.717, 1.165) is 27.4 Å². The van der Waals surface area contributed by atoms with Gasteiger partial charge in [-0.15, -0.1) is 0 Å². The van der Waals surface area contributed by atoms with Crippen molar-refractivity contribution in [3.05, 3.63) is 71.8 Å². The van der Waals surface area contributed by atoms with E-state index in [4.69, 9.17) is 0 Å². The van der Waals surface area contributed by atoms with E-state index in [1.807, 2.05) is 18.2 Å². The fraction of sp³-hybridized carbons (Fsp3) is 0.105. The molecule has 1 atom stereocenters. The van der Waals surface area contributed by atoms with Crippen LogP contribution in [-0.2, 0) is 0 Å². The average molecular weight is 299 g/mol. The maximum absolute atomic E-state index is 13.0. The molecule has 0 amide bonds. The first-order chi connectivity index (χ1) is 11.3. The Morgan fingerprint density at radius 2 is 1.91 bits per heavy atom. The Morgan fingerprint density at radius 1 is 1.04 bits per heavy atom. The quantitative estimate of drug-likeness (QED) is 0.497. The zero-order chi connectivity index (χ0) is 15.6. The third-order valence-electron chi connectivity index (χ3n) is 4.77. The largest absolute Gasteiger partial charge is 0.331 e. The molecule has 23 heavy (non-hydrogen) atoms. The number of aromatic nitrogens is 3. The minimum Gasteiger partial charge on any atom is -0.331 e. The van der Waals surface area contributed by atoms with Crippen LogP contribution in [0.15, 0.2) is 55.0 Å². The number of carbonyl (C=O) groups is 1. The van der Waals surface area contributed by atoms with E-state index in [-0.39, 0.29) is 11.8 Å². The number of benzene rings is 1. The third kappa shape index (κ3) is 1.47. The number of ketones is 1. The second kappa shape index (κ2) is 4.26. The molecule has 5 rings (SSSR count). The number of para-hydroxylation sites is 1. The van der Waals surface area contributed by atoms with Crippen molar-refractivity contribution in [2.24, 2.45) is 0 Å². The molecule has 1 aliphatic rings. The lowest BCUT2D eigenvalue weighted by molar-refractivity contribution is 0.103. The normalized spacial score (nSPS) is 16.6. The molecular weight excluding hydrogens is 286 g/mol. The lowest BCUT2D eigenvalue weighted by atomic mass is 10.00. The number of pyridine rings is 2. The zero-order valence-corrected chi connectivity index (χ0v) is 12.5. The lowest BCUT2D eigenvalue weighted by Crippen LogP contribution is -2.08. The van der Waals surface area contributed by atoms with Crippen molar-refractivity contribution in [3.63, 3.8) is 0 Å². The van der Waals surface area contributed by atoms with Crippen molar-refractivity contribution in [2.75, 3.05) is 0 Å². The van der Waals surface area contributed by atoms with Gasteiger partial charge in [0.25, 0.3) is 0 Å². The van der Waals surface area contributed by atoms with E-state index in [9.17, 15) is 4.79 Å². The number of fused-ring (bicyclic) bond motifs is 4. The molecule has 0 aliphatic carbocycles. The summed E-state index contributed by atoms with van der Waals surface area (Å²) in [5, 5.41) is 2.23. The van der Waals surface area contributed by atoms with Crippen molar-refractivity contribution in [1.29, 1.82) is 0 Å². The predicted octanol–water partition coefficient (Wildman–Crippen LogP) is 3.74. The van der Waals surface area contributed by atoms with E-state index in [1.54, 1.807) is 24.7 Å². The Bertz CT molecular complexity index is 1110. The summed E-state index contributed by atoms with van der Waals surface area (Å²) in [6, 6.07) is 12.1. The smallest absolute Gasteiger partial charge is 0.213 e. The van der Waals surface area contributed by atoms with Crippen molar-refractivity contribution in [1.82, 2.24) is 14.5 Å². The Balaban J connectivity index is 2.06. The molecule has 0 fully saturated rings. The first kappa shape index (κ1) is 12.5. The second-order valence-electron chi connectivity index (χ2n) is 5.91. The molecule has 0 bridgehead atoms. The highest BCUT2D eigenvalue weighted by Gasteiger charge is 2.29. The number of hydrogen-bond donors (Lipinski definition) is 0. The number of rotatable bonds is 0. The molecule has 0 saturated carbocycles. The molecule has 0 saturated heterocycles. The van der Waals surface area contributed by atoms with Crippen molar-refractivity contribution in [2.45, 2.75) is 13.0 Å². The summed E-state index contributed by atoms with van der Waals surface area (Å²) in [5.41, 5.74) is 4.20. The van der Waals surface area contributed by atoms with Crippen LogP contribution < -0.4 is 0 Å². The van der Waals surface area contributed by atoms with E-state index in [0.29, 0.717) is 11.3 Å². The summed E-state index contributed by atoms with van der Waals surface area (Å²) in [6.45, 7) is 2.11. The van der Waals surface area contributed by atoms with Gasteiger partial charge in [-0.1, -0.05) is 18.2 Å². The molecule has 0 spiro atoms. The molecule has 1 aromatic carbocycles. The minimum atomic E-state index is -0.0265. The van der Waals surface area contributed by atoms with Gasteiger partial charge >= 0.3 is 0 Å². The van der Waals surface area contributed by atoms with E-state index >= 15 is 0 Å². The molecule has 4 heteroatoms. The number of hydrogen-bond acceptors (Lipinski definition) is 3. The highest BCUT2D eigenvalue weighted by molar-refractivity contribution is 6.20. The van der Waals surface area contributed by atoms with Crippen molar-refractivity contribution >= 4 is 27.6 Å². The topological polar surface area (TPSA) is 47.8 Å². The fourth-order valence-corrected chi connectivity index (χ4v) is 3.73. The maximum atomic E-state index is 13.0. The zero-order valence-electron chi connectivity index (χ0n) is 12.5. The summed E-state index contributed by atoms with van der Waals surface area (Å²) >= 11 is 0. The summed E-state index contributed by atoms with van der Waals surface area (Å²) in [7, 11) is 0. The van der Waals surface area contributed by atoms with E-state index in [1.165, 1.54) is 0 Å². The maximum Gasteiger partial charge on any atom is 0.213 e. The van der Waals surface area contributed by atoms with Gasteiger partial charge in [0.1, 0.15) is 5.69 Å². The Kier molecular flexibility index (Phi) is 2.32. The van der Waals surface area contributed by atoms with Gasteiger partial charge < -0.3 is 4.57 Å². The highest BCUT2D eigenvalue weighted by atomic mass is 16.1. The predicted molar refractivity (Wildman–Crippen MR) is 88.7 cm³/mol. The van der Waals surface area contributed by atoms with Crippen LogP contribution in [0.4, 0.5) is 0 Å². The minimum absolute atomic E-state index is 0.0236. The standard InChI is InChI=1S/C19H13N3O/c1-11-15-10-20-8-6-14(15)19(23)17-18-13(7-9-21-17)12-4-2-3-5-16(12)22(11)18/h2-11H,1H3. The van der Waals surface area contributed by atoms with Crippen LogP contribution in [0.5, 0.6) is 0 Å². The average Bonchev–Trinajstić information content (AvgIpc) is 2.90. The van der Waals surface area contributed by atoms with E-state index in [2.05, 4.69) is 33.6 Å². The van der Waals surface area contributed by atoms with Crippen LogP contribution in [0.1, 0.15) is 34.6 Å². The SMILES string of the molecule is CC1c2cnccc2C(=O)c2nccc3c4ccccc4n1c23. The molecule has 4 heterocycles. The van der Waals surface area contributed by atoms with Crippen molar-refractivity contribution < 1.29 is 4.79 Å². The molecule has 1 aliphatic heterocycles. The highest BCUT2D eigenvalue weighted by Crippen LogP contribution is 2.38. The van der Waals surface area contributed by atoms with Crippen LogP contribution in [-0.4, -0.2) is 20.3 Å². The van der Waals surface area contributed by atoms with Gasteiger partial charge in [0.2, 0.25) is 5.78 Å². The molecule has 4 nitrogen and oxygen atoms in total. The third-order valence-corrected chi connectivity index (χ3v) is 4.77. The summed E-state index contributed by atoms with van der Waals surface area (Å²) in [4.78, 5) is 21.7. The monoisotopic (exact) mass is 299 g/mol. The van der Waals surface area contributed by atoms with Crippen LogP contribution in [0.3, 0.4) is 0 Å². The van der Waals surface area contributed by atoms with E-state index < -0.39 is 0 Å². The second-order valence-corrected chi connectivity index (χ2v) is 5.91. The molecular formula is C19H13N3O. The Morgan fingerprint density at radius 3 is 2.83 bits per heavy atom. The van der Waals surface area contributed by atoms with Crippen LogP contribution in [0, 0.1) is 0 Å². The molecule has 3 aromatic heterocycles. The van der Waals surface area contributed by atoms with Crippen molar-refractivity contribution in [3.8, 4) is 0 Å². The lowest BCUT2D eigenvalue weighted by Gasteiger charge is -2.16. The van der Waals surface area contributed by atoms with Gasteiger partial charge in [-0.3, -0.25) is 14.8 Å². The first-order valence-corrected chi connectivity index (χ1v) is 7.63. The summed E-state index contributed by atoms with van der Waals surface area (Å²) in [6.07, 6.45) is 5.19. The Labute approximate surface area is 132 Å². The van der Waals surface area contributed by atoms with Gasteiger partial charge in [-0.25, -0.2) is 0 Å². The molecule has 0 radical (unpaired) electrons. The molecule has 1 unspecified atom stereocenters. The molecule has 0 N–H and O–H groups in total. The molecule has 4 aromatic rings. The molecule has 110 valence electrons. The summed E-state index contributed by atoms with van der Waals surface area (Å²) < 4.78 is 2.22. The fourth-order valence-electron chi connectivity index (χ4n) is 3.73. The number of nitrogens with zero attached hydrogens (tertiary/aromatic N) is 3. The van der Waals surface area contributed by atoms with Gasteiger partial charge in [0.15, 0.2) is 0 Å². The van der Waals surface area contributed by atoms with Crippen LogP contribution in [0.25, 0.3) is 21.8 Å². The summed E-state index contributed by atoms with van der Waals surface area (Å²) in [5.74, 6) is -0.0265. The van der Waals surface area contributed by atoms with Gasteiger partial charge in [-0.05, 0) is 25.1 Å². The van der Waals surface area contributed by atoms with Gasteiger partial charge in [0.05, 0.1) is 11.6 Å².